The predicted molar refractivity (Wildman–Crippen MR) is 78.3 cm³/mol. The van der Waals surface area contributed by atoms with Crippen LogP contribution >= 0.6 is 0 Å². The molecule has 0 aliphatic heterocycles. The van der Waals surface area contributed by atoms with Gasteiger partial charge in [-0.25, -0.2) is 0 Å². The lowest BCUT2D eigenvalue weighted by molar-refractivity contribution is 0.852. The third kappa shape index (κ3) is 2.49. The van der Waals surface area contributed by atoms with Crippen molar-refractivity contribution >= 4 is 21.1 Å². The number of benzene rings is 1. The van der Waals surface area contributed by atoms with Gasteiger partial charge in [0.1, 0.15) is 0 Å². The Hall–Kier alpha value is -0.763. The molecule has 1 aromatic carbocycles. The van der Waals surface area contributed by atoms with Gasteiger partial charge in [0.2, 0.25) is 0 Å². The molecule has 1 aromatic rings. The summed E-state index contributed by atoms with van der Waals surface area (Å²) in [5.41, 5.74) is 4.65. The molecule has 0 radical (unpaired) electrons. The van der Waals surface area contributed by atoms with Crippen LogP contribution in [0.1, 0.15) is 38.8 Å². The Kier molecular flexibility index (Phi) is 5.06. The van der Waals surface area contributed by atoms with E-state index in [0.717, 1.165) is 19.5 Å². The minimum absolute atomic E-state index is 1.10. The van der Waals surface area contributed by atoms with Gasteiger partial charge in [0.25, 0.3) is 0 Å². The molecule has 1 nitrogen and oxygen atoms in total. The molecule has 0 saturated heterocycles. The van der Waals surface area contributed by atoms with E-state index in [1.54, 1.807) is 16.3 Å². The van der Waals surface area contributed by atoms with Crippen molar-refractivity contribution < 1.29 is 0 Å². The predicted octanol–water partition coefficient (Wildman–Crippen LogP) is 1.65. The Morgan fingerprint density at radius 2 is 1.50 bits per heavy atom. The zero-order valence-electron chi connectivity index (χ0n) is 11.4. The van der Waals surface area contributed by atoms with Crippen molar-refractivity contribution in [1.82, 2.24) is 0 Å². The molecule has 2 heteroatoms. The third-order valence-corrected chi connectivity index (χ3v) is 4.39. The van der Waals surface area contributed by atoms with Crippen LogP contribution in [0.3, 0.4) is 0 Å². The second-order valence-electron chi connectivity index (χ2n) is 4.24. The topological polar surface area (TPSA) is 3.24 Å². The first-order valence-electron chi connectivity index (χ1n) is 6.55. The molecule has 0 unspecified atom stereocenters. The van der Waals surface area contributed by atoms with E-state index in [0.29, 0.717) is 0 Å². The minimum atomic E-state index is 1.10. The average Bonchev–Trinajstić information content (AvgIpc) is 2.31. The van der Waals surface area contributed by atoms with Crippen LogP contribution in [0.15, 0.2) is 12.1 Å². The summed E-state index contributed by atoms with van der Waals surface area (Å²) in [4.78, 5) is 2.47. The largest absolute Gasteiger partial charge is 0.372 e. The lowest BCUT2D eigenvalue weighted by Crippen LogP contribution is -2.25. The molecule has 16 heavy (non-hydrogen) atoms. The lowest BCUT2D eigenvalue weighted by Gasteiger charge is -2.26. The first-order chi connectivity index (χ1) is 7.69. The van der Waals surface area contributed by atoms with E-state index in [9.17, 15) is 0 Å². The molecule has 0 aromatic heterocycles. The molecule has 0 amide bonds. The van der Waals surface area contributed by atoms with Gasteiger partial charge < -0.3 is 4.90 Å². The number of hydrogen-bond donors (Lipinski definition) is 0. The van der Waals surface area contributed by atoms with Gasteiger partial charge in [-0.1, -0.05) is 25.1 Å². The van der Waals surface area contributed by atoms with Crippen LogP contribution in [0.4, 0.5) is 5.69 Å². The van der Waals surface area contributed by atoms with Crippen molar-refractivity contribution in [2.75, 3.05) is 18.0 Å². The van der Waals surface area contributed by atoms with Crippen LogP contribution in [-0.2, 0) is 12.8 Å². The SMILES string of the molecule is CCc1c([SiH3])ccc(N(CC)CC)c1CC. The molecule has 0 bridgehead atoms. The average molecular weight is 235 g/mol. The summed E-state index contributed by atoms with van der Waals surface area (Å²) in [5.74, 6) is 0. The first kappa shape index (κ1) is 13.3. The fraction of sp³-hybridized carbons (Fsp3) is 0.571. The van der Waals surface area contributed by atoms with Gasteiger partial charge in [-0.15, -0.1) is 0 Å². The fourth-order valence-corrected chi connectivity index (χ4v) is 3.37. The van der Waals surface area contributed by atoms with Gasteiger partial charge in [0, 0.05) is 29.0 Å². The molecule has 0 aliphatic rings. The maximum Gasteiger partial charge on any atom is 0.0401 e. The van der Waals surface area contributed by atoms with E-state index in [4.69, 9.17) is 0 Å². The molecule has 0 N–H and O–H groups in total. The summed E-state index contributed by atoms with van der Waals surface area (Å²) in [5, 5.41) is 1.58. The summed E-state index contributed by atoms with van der Waals surface area (Å²) in [7, 11) is 1.17. The molecule has 0 atom stereocenters. The zero-order chi connectivity index (χ0) is 12.1. The van der Waals surface area contributed by atoms with Crippen molar-refractivity contribution in [3.8, 4) is 0 Å². The monoisotopic (exact) mass is 235 g/mol. The number of rotatable bonds is 5. The second kappa shape index (κ2) is 6.09. The van der Waals surface area contributed by atoms with Gasteiger partial charge in [-0.2, -0.15) is 0 Å². The molecular formula is C14H25NSi. The van der Waals surface area contributed by atoms with Crippen molar-refractivity contribution in [2.45, 2.75) is 40.5 Å². The van der Waals surface area contributed by atoms with E-state index < -0.39 is 0 Å². The van der Waals surface area contributed by atoms with E-state index in [-0.39, 0.29) is 0 Å². The highest BCUT2D eigenvalue weighted by atomic mass is 28.1. The van der Waals surface area contributed by atoms with E-state index in [1.807, 2.05) is 0 Å². The minimum Gasteiger partial charge on any atom is -0.372 e. The Balaban J connectivity index is 3.28. The highest BCUT2D eigenvalue weighted by molar-refractivity contribution is 6.33. The molecule has 0 heterocycles. The van der Waals surface area contributed by atoms with Crippen molar-refractivity contribution in [3.63, 3.8) is 0 Å². The summed E-state index contributed by atoms with van der Waals surface area (Å²) in [6.45, 7) is 11.2. The van der Waals surface area contributed by atoms with Crippen molar-refractivity contribution in [2.24, 2.45) is 0 Å². The summed E-state index contributed by atoms with van der Waals surface area (Å²) in [6.07, 6.45) is 2.34. The maximum atomic E-state index is 2.47. The van der Waals surface area contributed by atoms with Crippen LogP contribution in [0.5, 0.6) is 0 Å². The van der Waals surface area contributed by atoms with Gasteiger partial charge >= 0.3 is 0 Å². The summed E-state index contributed by atoms with van der Waals surface area (Å²) < 4.78 is 0. The highest BCUT2D eigenvalue weighted by Gasteiger charge is 2.11. The van der Waals surface area contributed by atoms with Crippen LogP contribution < -0.4 is 10.1 Å². The van der Waals surface area contributed by atoms with Crippen molar-refractivity contribution in [1.29, 1.82) is 0 Å². The lowest BCUT2D eigenvalue weighted by atomic mass is 10.00. The van der Waals surface area contributed by atoms with Crippen LogP contribution in [0.25, 0.3) is 0 Å². The molecular weight excluding hydrogens is 210 g/mol. The van der Waals surface area contributed by atoms with Gasteiger partial charge in [0.05, 0.1) is 0 Å². The molecule has 0 spiro atoms. The van der Waals surface area contributed by atoms with Gasteiger partial charge in [-0.3, -0.25) is 0 Å². The van der Waals surface area contributed by atoms with Gasteiger partial charge in [0.15, 0.2) is 0 Å². The quantitative estimate of drug-likeness (QED) is 0.702. The molecule has 90 valence electrons. The van der Waals surface area contributed by atoms with E-state index in [2.05, 4.69) is 44.7 Å². The smallest absolute Gasteiger partial charge is 0.0401 e. The Morgan fingerprint density at radius 1 is 0.938 bits per heavy atom. The summed E-state index contributed by atoms with van der Waals surface area (Å²) >= 11 is 0. The number of nitrogens with zero attached hydrogens (tertiary/aromatic N) is 1. The Bertz CT molecular complexity index is 343. The Morgan fingerprint density at radius 3 is 1.94 bits per heavy atom. The standard InChI is InChI=1S/C14H25NSi/c1-5-11-12(6-2)14(16)10-9-13(11)15(7-3)8-4/h9-10H,5-8H2,1-4,16H3. The van der Waals surface area contributed by atoms with Crippen LogP contribution in [0, 0.1) is 0 Å². The van der Waals surface area contributed by atoms with E-state index in [1.165, 1.54) is 22.4 Å². The normalized spacial score (nSPS) is 10.8. The number of hydrogen-bond acceptors (Lipinski definition) is 1. The Labute approximate surface area is 103 Å². The highest BCUT2D eigenvalue weighted by Crippen LogP contribution is 2.23. The first-order valence-corrected chi connectivity index (χ1v) is 7.55. The van der Waals surface area contributed by atoms with Crippen LogP contribution in [0.2, 0.25) is 0 Å². The van der Waals surface area contributed by atoms with Crippen molar-refractivity contribution in [3.05, 3.63) is 23.3 Å². The molecule has 0 aliphatic carbocycles. The zero-order valence-corrected chi connectivity index (χ0v) is 13.4. The third-order valence-electron chi connectivity index (χ3n) is 3.45. The molecule has 1 rings (SSSR count). The fourth-order valence-electron chi connectivity index (χ4n) is 2.55. The van der Waals surface area contributed by atoms with Crippen LogP contribution in [-0.4, -0.2) is 23.3 Å². The number of anilines is 1. The van der Waals surface area contributed by atoms with Gasteiger partial charge in [-0.05, 0) is 43.9 Å². The molecule has 0 saturated carbocycles. The second-order valence-corrected chi connectivity index (χ2v) is 5.32. The summed E-state index contributed by atoms with van der Waals surface area (Å²) in [6, 6.07) is 4.66. The molecule has 0 fully saturated rings. The maximum absolute atomic E-state index is 2.47. The van der Waals surface area contributed by atoms with E-state index >= 15 is 0 Å².